The van der Waals surface area contributed by atoms with Crippen LogP contribution in [0.3, 0.4) is 0 Å². The standard InChI is InChI=1S/C30H22F6N2O8/c31-29(32,33)27-19(37-23(39)9-3-11-25(41)42)5-1-7-21(27)45-17-13-15-18(16-14-17)46-22-8-2-6-20(28(22)30(34,35)36)38-24(40)10-4-12-26(43)44/h1-10,13-16H,11-12H2,(H,37,39)(H,38,40)(H,41,42)(H,43,44). The van der Waals surface area contributed by atoms with Gasteiger partial charge in [-0.1, -0.05) is 24.3 Å². The average Bonchev–Trinajstić information content (AvgIpc) is 2.92. The molecule has 3 aromatic carbocycles. The molecule has 0 aliphatic carbocycles. The minimum absolute atomic E-state index is 0.187. The third-order valence-corrected chi connectivity index (χ3v) is 5.54. The summed E-state index contributed by atoms with van der Waals surface area (Å²) in [6.07, 6.45) is -7.70. The van der Waals surface area contributed by atoms with Crippen LogP contribution >= 0.6 is 0 Å². The van der Waals surface area contributed by atoms with E-state index >= 15 is 0 Å². The number of aliphatic carboxylic acids is 2. The number of anilines is 2. The van der Waals surface area contributed by atoms with Crippen molar-refractivity contribution in [1.29, 1.82) is 0 Å². The van der Waals surface area contributed by atoms with Crippen LogP contribution in [0, 0.1) is 0 Å². The molecule has 2 amide bonds. The zero-order valence-electron chi connectivity index (χ0n) is 23.1. The summed E-state index contributed by atoms with van der Waals surface area (Å²) in [5, 5.41) is 21.3. The first-order chi connectivity index (χ1) is 21.5. The average molecular weight is 653 g/mol. The van der Waals surface area contributed by atoms with Crippen molar-refractivity contribution in [2.75, 3.05) is 10.6 Å². The Bertz CT molecular complexity index is 1540. The Hall–Kier alpha value is -5.80. The van der Waals surface area contributed by atoms with Crippen molar-refractivity contribution in [3.05, 3.63) is 96.1 Å². The minimum Gasteiger partial charge on any atom is -0.481 e. The van der Waals surface area contributed by atoms with Crippen molar-refractivity contribution in [2.24, 2.45) is 0 Å². The molecule has 0 fully saturated rings. The molecule has 0 saturated heterocycles. The van der Waals surface area contributed by atoms with Crippen molar-refractivity contribution in [1.82, 2.24) is 0 Å². The smallest absolute Gasteiger partial charge is 0.421 e. The molecular weight excluding hydrogens is 630 g/mol. The Kier molecular flexibility index (Phi) is 11.1. The first kappa shape index (κ1) is 34.7. The number of benzene rings is 3. The van der Waals surface area contributed by atoms with Crippen LogP contribution in [-0.4, -0.2) is 34.0 Å². The van der Waals surface area contributed by atoms with Gasteiger partial charge in [0.05, 0.1) is 24.2 Å². The van der Waals surface area contributed by atoms with E-state index in [1.54, 1.807) is 0 Å². The molecular formula is C30H22F6N2O8. The van der Waals surface area contributed by atoms with Gasteiger partial charge in [-0.3, -0.25) is 19.2 Å². The fraction of sp³-hybridized carbons (Fsp3) is 0.133. The molecule has 3 aromatic rings. The number of amides is 2. The van der Waals surface area contributed by atoms with E-state index in [9.17, 15) is 45.5 Å². The highest BCUT2D eigenvalue weighted by Crippen LogP contribution is 2.44. The van der Waals surface area contributed by atoms with Crippen LogP contribution < -0.4 is 20.1 Å². The van der Waals surface area contributed by atoms with Crippen LogP contribution in [-0.2, 0) is 31.5 Å². The SMILES string of the molecule is O=C(O)CC=CC(=O)Nc1cccc(Oc2ccc(Oc3cccc(NC(=O)C=CCC(=O)O)c3C(F)(F)F)cc2)c1C(F)(F)F. The third kappa shape index (κ3) is 10.1. The van der Waals surface area contributed by atoms with Gasteiger partial charge in [0.25, 0.3) is 0 Å². The number of nitrogens with one attached hydrogen (secondary N) is 2. The van der Waals surface area contributed by atoms with Crippen molar-refractivity contribution >= 4 is 35.1 Å². The van der Waals surface area contributed by atoms with Crippen molar-refractivity contribution in [3.8, 4) is 23.0 Å². The van der Waals surface area contributed by atoms with E-state index in [4.69, 9.17) is 19.7 Å². The van der Waals surface area contributed by atoms with Gasteiger partial charge in [-0.2, -0.15) is 26.3 Å². The summed E-state index contributed by atoms with van der Waals surface area (Å²) in [7, 11) is 0. The summed E-state index contributed by atoms with van der Waals surface area (Å²) < 4.78 is 94.6. The maximum atomic E-state index is 14.0. The number of carboxylic acids is 2. The molecule has 0 atom stereocenters. The second-order valence-corrected chi connectivity index (χ2v) is 9.01. The molecule has 0 aliphatic heterocycles. The fourth-order valence-electron chi connectivity index (χ4n) is 3.74. The van der Waals surface area contributed by atoms with Crippen LogP contribution in [0.4, 0.5) is 37.7 Å². The molecule has 4 N–H and O–H groups in total. The van der Waals surface area contributed by atoms with Gasteiger partial charge in [0, 0.05) is 0 Å². The predicted molar refractivity (Wildman–Crippen MR) is 150 cm³/mol. The molecule has 0 radical (unpaired) electrons. The van der Waals surface area contributed by atoms with Gasteiger partial charge < -0.3 is 30.3 Å². The molecule has 242 valence electrons. The van der Waals surface area contributed by atoms with Gasteiger partial charge in [-0.25, -0.2) is 0 Å². The summed E-state index contributed by atoms with van der Waals surface area (Å²) in [5.74, 6) is -6.39. The fourth-order valence-corrected chi connectivity index (χ4v) is 3.74. The molecule has 0 heterocycles. The first-order valence-corrected chi connectivity index (χ1v) is 12.8. The third-order valence-electron chi connectivity index (χ3n) is 5.54. The summed E-state index contributed by atoms with van der Waals surface area (Å²) in [5.41, 5.74) is -4.08. The molecule has 16 heteroatoms. The number of carboxylic acid groups (broad SMARTS) is 2. The number of hydrogen-bond donors (Lipinski definition) is 4. The largest absolute Gasteiger partial charge is 0.481 e. The van der Waals surface area contributed by atoms with Gasteiger partial charge >= 0.3 is 24.3 Å². The Balaban J connectivity index is 1.84. The predicted octanol–water partition coefficient (Wildman–Crippen LogP) is 7.25. The van der Waals surface area contributed by atoms with E-state index in [1.165, 1.54) is 0 Å². The van der Waals surface area contributed by atoms with Gasteiger partial charge in [0.15, 0.2) is 0 Å². The summed E-state index contributed by atoms with van der Waals surface area (Å²) >= 11 is 0. The van der Waals surface area contributed by atoms with Crippen LogP contribution in [0.15, 0.2) is 85.0 Å². The van der Waals surface area contributed by atoms with Crippen molar-refractivity contribution in [3.63, 3.8) is 0 Å². The first-order valence-electron chi connectivity index (χ1n) is 12.8. The molecule has 0 bridgehead atoms. The lowest BCUT2D eigenvalue weighted by Gasteiger charge is -2.19. The monoisotopic (exact) mass is 652 g/mol. The van der Waals surface area contributed by atoms with Crippen LogP contribution in [0.5, 0.6) is 23.0 Å². The molecule has 3 rings (SSSR count). The minimum atomic E-state index is -5.02. The molecule has 0 saturated carbocycles. The second kappa shape index (κ2) is 14.8. The van der Waals surface area contributed by atoms with E-state index in [0.29, 0.717) is 0 Å². The summed E-state index contributed by atoms with van der Waals surface area (Å²) in [4.78, 5) is 45.2. The van der Waals surface area contributed by atoms with Crippen LogP contribution in [0.1, 0.15) is 24.0 Å². The van der Waals surface area contributed by atoms with Gasteiger partial charge in [-0.15, -0.1) is 0 Å². The number of carbonyl (C=O) groups is 4. The number of carbonyl (C=O) groups excluding carboxylic acids is 2. The normalized spacial score (nSPS) is 11.8. The number of halogens is 6. The van der Waals surface area contributed by atoms with Crippen LogP contribution in [0.2, 0.25) is 0 Å². The quantitative estimate of drug-likeness (QED) is 0.118. The Morgan fingerprint density at radius 3 is 1.26 bits per heavy atom. The molecule has 0 spiro atoms. The maximum absolute atomic E-state index is 14.0. The highest BCUT2D eigenvalue weighted by atomic mass is 19.4. The highest BCUT2D eigenvalue weighted by molar-refractivity contribution is 6.01. The van der Waals surface area contributed by atoms with Gasteiger partial charge in [0.1, 0.15) is 34.1 Å². The molecule has 0 aliphatic rings. The highest BCUT2D eigenvalue weighted by Gasteiger charge is 2.39. The van der Waals surface area contributed by atoms with Crippen molar-refractivity contribution in [2.45, 2.75) is 25.2 Å². The summed E-state index contributed by atoms with van der Waals surface area (Å²) in [6, 6.07) is 10.6. The lowest BCUT2D eigenvalue weighted by molar-refractivity contribution is -0.138. The van der Waals surface area contributed by atoms with Crippen molar-refractivity contribution < 1.29 is 65.2 Å². The molecule has 10 nitrogen and oxygen atoms in total. The number of hydrogen-bond acceptors (Lipinski definition) is 6. The topological polar surface area (TPSA) is 151 Å². The summed E-state index contributed by atoms with van der Waals surface area (Å²) in [6.45, 7) is 0. The van der Waals surface area contributed by atoms with E-state index < -0.39 is 82.9 Å². The zero-order chi connectivity index (χ0) is 34.1. The van der Waals surface area contributed by atoms with Gasteiger partial charge in [0.2, 0.25) is 11.8 Å². The number of alkyl halides is 6. The zero-order valence-corrected chi connectivity index (χ0v) is 23.1. The van der Waals surface area contributed by atoms with E-state index in [0.717, 1.165) is 85.0 Å². The molecule has 46 heavy (non-hydrogen) atoms. The number of rotatable bonds is 12. The number of ether oxygens (including phenoxy) is 2. The Labute approximate surface area is 255 Å². The molecule has 0 unspecified atom stereocenters. The lowest BCUT2D eigenvalue weighted by atomic mass is 10.1. The maximum Gasteiger partial charge on any atom is 0.421 e. The Morgan fingerprint density at radius 1 is 0.609 bits per heavy atom. The molecule has 0 aromatic heterocycles. The van der Waals surface area contributed by atoms with Crippen LogP contribution in [0.25, 0.3) is 0 Å². The van der Waals surface area contributed by atoms with E-state index in [-0.39, 0.29) is 11.5 Å². The van der Waals surface area contributed by atoms with Gasteiger partial charge in [-0.05, 0) is 60.7 Å². The van der Waals surface area contributed by atoms with E-state index in [1.807, 2.05) is 10.6 Å². The van der Waals surface area contributed by atoms with E-state index in [2.05, 4.69) is 0 Å². The lowest BCUT2D eigenvalue weighted by Crippen LogP contribution is -2.16. The second-order valence-electron chi connectivity index (χ2n) is 9.01. The Morgan fingerprint density at radius 2 is 0.957 bits per heavy atom.